The Kier molecular flexibility index (Phi) is 4.02. The van der Waals surface area contributed by atoms with E-state index in [2.05, 4.69) is 18.9 Å². The minimum Gasteiger partial charge on any atom is -0.408 e. The van der Waals surface area contributed by atoms with Gasteiger partial charge in [-0.3, -0.25) is 9.36 Å². The Balaban J connectivity index is 1.70. The number of amides is 1. The summed E-state index contributed by atoms with van der Waals surface area (Å²) in [6.45, 7) is 4.95. The smallest absolute Gasteiger partial charge is 0.408 e. The number of piperazine rings is 1. The van der Waals surface area contributed by atoms with Crippen molar-refractivity contribution in [3.05, 3.63) is 34.8 Å². The van der Waals surface area contributed by atoms with Gasteiger partial charge in [-0.2, -0.15) is 0 Å². The number of likely N-dealkylation sites (N-methyl/N-ethyl adjacent to an activating group) is 1. The highest BCUT2D eigenvalue weighted by molar-refractivity contribution is 5.77. The average molecular weight is 303 g/mol. The first-order chi connectivity index (χ1) is 10.6. The molecule has 1 aliphatic heterocycles. The van der Waals surface area contributed by atoms with E-state index in [9.17, 15) is 9.59 Å². The third kappa shape index (κ3) is 2.78. The van der Waals surface area contributed by atoms with E-state index in [1.165, 1.54) is 4.57 Å². The lowest BCUT2D eigenvalue weighted by molar-refractivity contribution is -0.135. The Hall–Kier alpha value is -2.08. The molecule has 0 radical (unpaired) electrons. The Labute approximate surface area is 128 Å². The van der Waals surface area contributed by atoms with E-state index in [0.717, 1.165) is 25.2 Å². The van der Waals surface area contributed by atoms with E-state index in [-0.39, 0.29) is 11.9 Å². The first-order valence-electron chi connectivity index (χ1n) is 7.62. The van der Waals surface area contributed by atoms with Crippen LogP contribution >= 0.6 is 0 Å². The van der Waals surface area contributed by atoms with E-state index in [1.54, 1.807) is 6.07 Å². The number of carbonyl (C=O) groups is 1. The van der Waals surface area contributed by atoms with Crippen LogP contribution in [0.15, 0.2) is 33.5 Å². The Morgan fingerprint density at radius 3 is 2.86 bits per heavy atom. The van der Waals surface area contributed by atoms with Gasteiger partial charge in [0.05, 0.1) is 5.52 Å². The standard InChI is InChI=1S/C16H21N3O3/c1-12-11-17(2)9-10-18(12)15(20)7-8-19-13-5-3-4-6-14(13)22-16(19)21/h3-6,12H,7-11H2,1-2H3/t12-/m0/s1. The second-order valence-corrected chi connectivity index (χ2v) is 5.94. The van der Waals surface area contributed by atoms with Crippen LogP contribution in [0.5, 0.6) is 0 Å². The van der Waals surface area contributed by atoms with Gasteiger partial charge in [0.15, 0.2) is 5.58 Å². The number of aryl methyl sites for hydroxylation is 1. The molecular weight excluding hydrogens is 282 g/mol. The summed E-state index contributed by atoms with van der Waals surface area (Å²) in [5, 5.41) is 0. The highest BCUT2D eigenvalue weighted by Crippen LogP contribution is 2.14. The Bertz CT molecular complexity index is 734. The molecule has 1 fully saturated rings. The molecule has 0 N–H and O–H groups in total. The zero-order chi connectivity index (χ0) is 15.7. The van der Waals surface area contributed by atoms with Crippen LogP contribution in [-0.4, -0.2) is 53.0 Å². The van der Waals surface area contributed by atoms with E-state index in [4.69, 9.17) is 4.42 Å². The third-order valence-electron chi connectivity index (χ3n) is 4.27. The zero-order valence-electron chi connectivity index (χ0n) is 13.0. The zero-order valence-corrected chi connectivity index (χ0v) is 13.0. The first-order valence-corrected chi connectivity index (χ1v) is 7.62. The van der Waals surface area contributed by atoms with Gasteiger partial charge in [0.2, 0.25) is 5.91 Å². The number of para-hydroxylation sites is 2. The molecule has 6 heteroatoms. The minimum absolute atomic E-state index is 0.0952. The fraction of sp³-hybridized carbons (Fsp3) is 0.500. The molecule has 0 spiro atoms. The van der Waals surface area contributed by atoms with Crippen LogP contribution in [0.3, 0.4) is 0 Å². The maximum atomic E-state index is 12.4. The quantitative estimate of drug-likeness (QED) is 0.853. The SMILES string of the molecule is C[C@H]1CN(C)CCN1C(=O)CCn1c(=O)oc2ccccc21. The molecule has 6 nitrogen and oxygen atoms in total. The van der Waals surface area contributed by atoms with E-state index >= 15 is 0 Å². The molecule has 0 bridgehead atoms. The molecular formula is C16H21N3O3. The van der Waals surface area contributed by atoms with Crippen molar-refractivity contribution in [3.8, 4) is 0 Å². The molecule has 118 valence electrons. The lowest BCUT2D eigenvalue weighted by Crippen LogP contribution is -2.52. The van der Waals surface area contributed by atoms with Gasteiger partial charge in [0.1, 0.15) is 0 Å². The van der Waals surface area contributed by atoms with Gasteiger partial charge >= 0.3 is 5.76 Å². The van der Waals surface area contributed by atoms with Gasteiger partial charge in [-0.05, 0) is 26.1 Å². The van der Waals surface area contributed by atoms with Crippen molar-refractivity contribution in [1.82, 2.24) is 14.4 Å². The molecule has 1 saturated heterocycles. The molecule has 1 amide bonds. The van der Waals surface area contributed by atoms with E-state index < -0.39 is 5.76 Å². The number of carbonyl (C=O) groups excluding carboxylic acids is 1. The average Bonchev–Trinajstić information content (AvgIpc) is 2.80. The molecule has 0 aliphatic carbocycles. The molecule has 3 rings (SSSR count). The number of nitrogens with zero attached hydrogens (tertiary/aromatic N) is 3. The molecule has 22 heavy (non-hydrogen) atoms. The van der Waals surface area contributed by atoms with Crippen LogP contribution in [0.25, 0.3) is 11.1 Å². The molecule has 0 unspecified atom stereocenters. The van der Waals surface area contributed by atoms with Crippen LogP contribution in [0, 0.1) is 0 Å². The number of aromatic nitrogens is 1. The van der Waals surface area contributed by atoms with Crippen molar-refractivity contribution in [2.75, 3.05) is 26.7 Å². The fourth-order valence-corrected chi connectivity index (χ4v) is 3.09. The number of oxazole rings is 1. The highest BCUT2D eigenvalue weighted by Gasteiger charge is 2.25. The van der Waals surface area contributed by atoms with Gasteiger partial charge < -0.3 is 14.2 Å². The number of fused-ring (bicyclic) bond motifs is 1. The molecule has 2 heterocycles. The van der Waals surface area contributed by atoms with Crippen molar-refractivity contribution < 1.29 is 9.21 Å². The molecule has 2 aromatic rings. The Morgan fingerprint density at radius 1 is 1.32 bits per heavy atom. The van der Waals surface area contributed by atoms with Gasteiger partial charge in [-0.25, -0.2) is 4.79 Å². The second-order valence-electron chi connectivity index (χ2n) is 5.94. The maximum Gasteiger partial charge on any atom is 0.419 e. The van der Waals surface area contributed by atoms with E-state index in [1.807, 2.05) is 23.1 Å². The topological polar surface area (TPSA) is 58.7 Å². The van der Waals surface area contributed by atoms with Crippen molar-refractivity contribution in [2.24, 2.45) is 0 Å². The molecule has 1 aliphatic rings. The van der Waals surface area contributed by atoms with Gasteiger partial charge in [-0.15, -0.1) is 0 Å². The highest BCUT2D eigenvalue weighted by atomic mass is 16.4. The molecule has 1 aromatic heterocycles. The molecule has 0 saturated carbocycles. The van der Waals surface area contributed by atoms with Crippen molar-refractivity contribution in [1.29, 1.82) is 0 Å². The summed E-state index contributed by atoms with van der Waals surface area (Å²) in [5.41, 5.74) is 1.31. The van der Waals surface area contributed by atoms with Crippen molar-refractivity contribution >= 4 is 17.0 Å². The predicted molar refractivity (Wildman–Crippen MR) is 83.8 cm³/mol. The van der Waals surface area contributed by atoms with Gasteiger partial charge in [0, 0.05) is 38.6 Å². The van der Waals surface area contributed by atoms with Gasteiger partial charge in [0.25, 0.3) is 0 Å². The number of benzene rings is 1. The fourth-order valence-electron chi connectivity index (χ4n) is 3.09. The van der Waals surface area contributed by atoms with E-state index in [0.29, 0.717) is 18.5 Å². The summed E-state index contributed by atoms with van der Waals surface area (Å²) in [4.78, 5) is 28.5. The largest absolute Gasteiger partial charge is 0.419 e. The monoisotopic (exact) mass is 303 g/mol. The summed E-state index contributed by atoms with van der Waals surface area (Å²) in [6, 6.07) is 7.50. The van der Waals surface area contributed by atoms with Crippen LogP contribution < -0.4 is 5.76 Å². The number of hydrogen-bond donors (Lipinski definition) is 0. The lowest BCUT2D eigenvalue weighted by atomic mass is 10.2. The molecule has 1 atom stereocenters. The summed E-state index contributed by atoms with van der Waals surface area (Å²) >= 11 is 0. The number of hydrogen-bond acceptors (Lipinski definition) is 4. The van der Waals surface area contributed by atoms with Crippen molar-refractivity contribution in [3.63, 3.8) is 0 Å². The molecule has 1 aromatic carbocycles. The second kappa shape index (κ2) is 5.96. The van der Waals surface area contributed by atoms with Crippen molar-refractivity contribution in [2.45, 2.75) is 25.9 Å². The van der Waals surface area contributed by atoms with Crippen LogP contribution in [0.2, 0.25) is 0 Å². The summed E-state index contributed by atoms with van der Waals surface area (Å²) < 4.78 is 6.72. The third-order valence-corrected chi connectivity index (χ3v) is 4.27. The maximum absolute atomic E-state index is 12.4. The predicted octanol–water partition coefficient (Wildman–Crippen LogP) is 1.15. The van der Waals surface area contributed by atoms with Crippen LogP contribution in [-0.2, 0) is 11.3 Å². The Morgan fingerprint density at radius 2 is 2.09 bits per heavy atom. The summed E-state index contributed by atoms with van der Waals surface area (Å²) in [5.74, 6) is -0.307. The number of rotatable bonds is 3. The lowest BCUT2D eigenvalue weighted by Gasteiger charge is -2.38. The minimum atomic E-state index is -0.402. The van der Waals surface area contributed by atoms with Crippen LogP contribution in [0.1, 0.15) is 13.3 Å². The van der Waals surface area contributed by atoms with Crippen LogP contribution in [0.4, 0.5) is 0 Å². The normalized spacial score (nSPS) is 19.7. The first kappa shape index (κ1) is 14.8. The summed E-state index contributed by atoms with van der Waals surface area (Å²) in [6.07, 6.45) is 0.317. The summed E-state index contributed by atoms with van der Waals surface area (Å²) in [7, 11) is 2.06. The van der Waals surface area contributed by atoms with Gasteiger partial charge in [-0.1, -0.05) is 12.1 Å².